The third-order valence-corrected chi connectivity index (χ3v) is 5.06. The molecule has 2 aromatic rings. The van der Waals surface area contributed by atoms with Crippen molar-refractivity contribution in [1.82, 2.24) is 0 Å². The molecule has 0 nitrogen and oxygen atoms in total. The maximum atomic E-state index is 2.31. The molecule has 26 heavy (non-hydrogen) atoms. The molecule has 0 spiro atoms. The van der Waals surface area contributed by atoms with E-state index in [0.29, 0.717) is 0 Å². The topological polar surface area (TPSA) is 0 Å². The van der Waals surface area contributed by atoms with Crippen molar-refractivity contribution < 1.29 is 0 Å². The van der Waals surface area contributed by atoms with Crippen LogP contribution in [-0.2, 0) is 0 Å². The Morgan fingerprint density at radius 1 is 0.692 bits per heavy atom. The number of hydrogen-bond donors (Lipinski definition) is 0. The molecule has 0 bridgehead atoms. The van der Waals surface area contributed by atoms with Crippen LogP contribution in [0.15, 0.2) is 72.9 Å². The molecule has 0 N–H and O–H groups in total. The van der Waals surface area contributed by atoms with Crippen LogP contribution in [0.4, 0.5) is 0 Å². The summed E-state index contributed by atoms with van der Waals surface area (Å²) >= 11 is 0. The minimum Gasteiger partial charge on any atom is -0.0833 e. The lowest BCUT2D eigenvalue weighted by molar-refractivity contribution is 0.807. The number of hydrogen-bond acceptors (Lipinski definition) is 0. The molecular formula is C26H28. The summed E-state index contributed by atoms with van der Waals surface area (Å²) in [5, 5.41) is 0. The van der Waals surface area contributed by atoms with Crippen LogP contribution in [-0.4, -0.2) is 0 Å². The van der Waals surface area contributed by atoms with E-state index in [0.717, 1.165) is 6.42 Å². The minimum absolute atomic E-state index is 0.162. The fourth-order valence-electron chi connectivity index (χ4n) is 3.30. The van der Waals surface area contributed by atoms with Crippen molar-refractivity contribution in [2.45, 2.75) is 34.1 Å². The molecule has 0 unspecified atom stereocenters. The fraction of sp³-hybridized carbons (Fsp3) is 0.231. The molecule has 0 atom stereocenters. The first-order valence-electron chi connectivity index (χ1n) is 9.36. The Hall–Kier alpha value is -2.60. The highest BCUT2D eigenvalue weighted by Gasteiger charge is 2.18. The van der Waals surface area contributed by atoms with Crippen molar-refractivity contribution in [2.24, 2.45) is 5.41 Å². The van der Waals surface area contributed by atoms with E-state index in [9.17, 15) is 0 Å². The average molecular weight is 341 g/mol. The Labute approximate surface area is 158 Å². The molecule has 0 saturated heterocycles. The van der Waals surface area contributed by atoms with Gasteiger partial charge in [0.2, 0.25) is 0 Å². The molecule has 1 aliphatic carbocycles. The lowest BCUT2D eigenvalue weighted by atomic mass is 9.82. The van der Waals surface area contributed by atoms with Gasteiger partial charge in [0.25, 0.3) is 0 Å². The summed E-state index contributed by atoms with van der Waals surface area (Å²) in [6.45, 7) is 8.63. The van der Waals surface area contributed by atoms with Crippen LogP contribution in [0.2, 0.25) is 0 Å². The normalized spacial score (nSPS) is 16.0. The van der Waals surface area contributed by atoms with Crippen molar-refractivity contribution >= 4 is 12.2 Å². The van der Waals surface area contributed by atoms with Gasteiger partial charge in [-0.15, -0.1) is 0 Å². The van der Waals surface area contributed by atoms with Crippen molar-refractivity contribution in [1.29, 1.82) is 0 Å². The molecule has 1 aliphatic rings. The summed E-state index contributed by atoms with van der Waals surface area (Å²) in [6.07, 6.45) is 19.3. The number of rotatable bonds is 4. The van der Waals surface area contributed by atoms with Crippen LogP contribution >= 0.6 is 0 Å². The smallest absolute Gasteiger partial charge is 0.0430 e. The second-order valence-corrected chi connectivity index (χ2v) is 7.43. The van der Waals surface area contributed by atoms with Gasteiger partial charge in [0.05, 0.1) is 0 Å². The maximum absolute atomic E-state index is 2.31. The van der Waals surface area contributed by atoms with Gasteiger partial charge in [-0.2, -0.15) is 0 Å². The molecule has 0 saturated carbocycles. The van der Waals surface area contributed by atoms with Gasteiger partial charge >= 0.3 is 0 Å². The number of allylic oxidation sites excluding steroid dienone is 6. The fourth-order valence-corrected chi connectivity index (χ4v) is 3.30. The molecule has 0 amide bonds. The van der Waals surface area contributed by atoms with Crippen LogP contribution in [0.25, 0.3) is 12.2 Å². The lowest BCUT2D eigenvalue weighted by Crippen LogP contribution is -2.09. The summed E-state index contributed by atoms with van der Waals surface area (Å²) in [5.41, 5.74) is 7.63. The maximum Gasteiger partial charge on any atom is 0.0430 e. The summed E-state index contributed by atoms with van der Waals surface area (Å²) < 4.78 is 0. The zero-order chi connectivity index (χ0) is 18.6. The van der Waals surface area contributed by atoms with Crippen LogP contribution in [0.1, 0.15) is 39.8 Å². The molecule has 0 radical (unpaired) electrons. The van der Waals surface area contributed by atoms with Gasteiger partial charge in [0.1, 0.15) is 0 Å². The van der Waals surface area contributed by atoms with E-state index in [2.05, 4.69) is 113 Å². The van der Waals surface area contributed by atoms with Gasteiger partial charge < -0.3 is 0 Å². The van der Waals surface area contributed by atoms with Crippen molar-refractivity contribution in [3.05, 3.63) is 106 Å². The first-order chi connectivity index (χ1) is 12.5. The molecule has 0 aliphatic heterocycles. The van der Waals surface area contributed by atoms with Crippen molar-refractivity contribution in [3.63, 3.8) is 0 Å². The molecule has 0 aromatic heterocycles. The standard InChI is InChI=1S/C26H28/c1-20-8-10-22(3)24(18-20)12-16-26(14-6-5-7-15-26)17-13-25-19-21(2)9-11-23(25)4/h6-19H,5H2,1-4H3/b16-12+,17-13+. The van der Waals surface area contributed by atoms with E-state index in [4.69, 9.17) is 0 Å². The van der Waals surface area contributed by atoms with Crippen LogP contribution < -0.4 is 0 Å². The van der Waals surface area contributed by atoms with E-state index in [1.807, 2.05) is 0 Å². The zero-order valence-electron chi connectivity index (χ0n) is 16.3. The quantitative estimate of drug-likeness (QED) is 0.518. The highest BCUT2D eigenvalue weighted by Crippen LogP contribution is 2.32. The summed E-state index contributed by atoms with van der Waals surface area (Å²) in [5.74, 6) is 0. The molecule has 3 rings (SSSR count). The minimum atomic E-state index is -0.162. The van der Waals surface area contributed by atoms with Crippen LogP contribution in [0, 0.1) is 33.1 Å². The van der Waals surface area contributed by atoms with Crippen molar-refractivity contribution in [3.8, 4) is 0 Å². The molecule has 132 valence electrons. The van der Waals surface area contributed by atoms with E-state index in [1.165, 1.54) is 33.4 Å². The lowest BCUT2D eigenvalue weighted by Gasteiger charge is -2.22. The average Bonchev–Trinajstić information content (AvgIpc) is 2.64. The van der Waals surface area contributed by atoms with Crippen LogP contribution in [0.5, 0.6) is 0 Å². The van der Waals surface area contributed by atoms with Gasteiger partial charge in [-0.05, 0) is 56.4 Å². The number of aryl methyl sites for hydroxylation is 4. The van der Waals surface area contributed by atoms with Gasteiger partial charge in [0, 0.05) is 5.41 Å². The summed E-state index contributed by atoms with van der Waals surface area (Å²) in [7, 11) is 0. The second-order valence-electron chi connectivity index (χ2n) is 7.43. The first kappa shape index (κ1) is 18.2. The Balaban J connectivity index is 1.96. The monoisotopic (exact) mass is 340 g/mol. The molecule has 2 aromatic carbocycles. The van der Waals surface area contributed by atoms with Gasteiger partial charge in [0.15, 0.2) is 0 Å². The van der Waals surface area contributed by atoms with Crippen LogP contribution in [0.3, 0.4) is 0 Å². The predicted octanol–water partition coefficient (Wildman–Crippen LogP) is 7.15. The SMILES string of the molecule is Cc1ccc(C)c(/C=C/C2(/C=C/c3cc(C)ccc3C)C=CCC=C2)c1. The third kappa shape index (κ3) is 4.32. The predicted molar refractivity (Wildman–Crippen MR) is 115 cm³/mol. The van der Waals surface area contributed by atoms with E-state index < -0.39 is 0 Å². The summed E-state index contributed by atoms with van der Waals surface area (Å²) in [6, 6.07) is 13.2. The Morgan fingerprint density at radius 3 is 1.62 bits per heavy atom. The Kier molecular flexibility index (Phi) is 5.42. The highest BCUT2D eigenvalue weighted by atomic mass is 14.2. The second kappa shape index (κ2) is 7.74. The van der Waals surface area contributed by atoms with Gasteiger partial charge in [-0.3, -0.25) is 0 Å². The zero-order valence-corrected chi connectivity index (χ0v) is 16.3. The molecule has 0 heterocycles. The molecular weight excluding hydrogens is 312 g/mol. The van der Waals surface area contributed by atoms with Crippen molar-refractivity contribution in [2.75, 3.05) is 0 Å². The Bertz CT molecular complexity index is 828. The van der Waals surface area contributed by atoms with E-state index in [-0.39, 0.29) is 5.41 Å². The first-order valence-corrected chi connectivity index (χ1v) is 9.36. The molecule has 0 fully saturated rings. The number of benzene rings is 2. The highest BCUT2D eigenvalue weighted by molar-refractivity contribution is 5.61. The van der Waals surface area contributed by atoms with Gasteiger partial charge in [-0.25, -0.2) is 0 Å². The van der Waals surface area contributed by atoms with E-state index in [1.54, 1.807) is 0 Å². The third-order valence-electron chi connectivity index (χ3n) is 5.06. The van der Waals surface area contributed by atoms with E-state index >= 15 is 0 Å². The largest absolute Gasteiger partial charge is 0.0833 e. The van der Waals surface area contributed by atoms with Gasteiger partial charge in [-0.1, -0.05) is 96.1 Å². The Morgan fingerprint density at radius 2 is 1.15 bits per heavy atom. The summed E-state index contributed by atoms with van der Waals surface area (Å²) in [4.78, 5) is 0. The molecule has 0 heteroatoms.